The van der Waals surface area contributed by atoms with E-state index in [1.165, 1.54) is 36.4 Å². The number of hydrogen-bond donors (Lipinski definition) is 2. The zero-order valence-electron chi connectivity index (χ0n) is 10.8. The van der Waals surface area contributed by atoms with E-state index in [-0.39, 0.29) is 29.2 Å². The molecule has 106 valence electrons. The van der Waals surface area contributed by atoms with Gasteiger partial charge in [-0.25, -0.2) is 9.18 Å². The number of carbonyl (C=O) groups is 1. The van der Waals surface area contributed by atoms with E-state index < -0.39 is 11.8 Å². The van der Waals surface area contributed by atoms with Crippen LogP contribution in [0, 0.1) is 17.1 Å². The molecule has 2 aromatic rings. The summed E-state index contributed by atoms with van der Waals surface area (Å²) in [6.45, 7) is -0.0894. The summed E-state index contributed by atoms with van der Waals surface area (Å²) in [6.07, 6.45) is 0. The highest BCUT2D eigenvalue weighted by molar-refractivity contribution is 5.89. The van der Waals surface area contributed by atoms with E-state index >= 15 is 0 Å². The predicted octanol–water partition coefficient (Wildman–Crippen LogP) is 2.56. The normalized spacial score (nSPS) is 9.90. The lowest BCUT2D eigenvalue weighted by atomic mass is 10.1. The van der Waals surface area contributed by atoms with E-state index in [0.717, 1.165) is 0 Å². The lowest BCUT2D eigenvalue weighted by Gasteiger charge is -2.10. The molecule has 0 aliphatic carbocycles. The van der Waals surface area contributed by atoms with E-state index in [0.29, 0.717) is 5.56 Å². The van der Waals surface area contributed by atoms with E-state index in [1.54, 1.807) is 0 Å². The number of anilines is 1. The number of halogens is 1. The number of rotatable bonds is 4. The summed E-state index contributed by atoms with van der Waals surface area (Å²) in [7, 11) is 0. The Morgan fingerprint density at radius 3 is 2.76 bits per heavy atom. The first-order chi connectivity index (χ1) is 10.0. The maximum Gasteiger partial charge on any atom is 0.335 e. The number of carboxylic acids is 1. The van der Waals surface area contributed by atoms with Gasteiger partial charge in [-0.05, 0) is 36.4 Å². The van der Waals surface area contributed by atoms with Crippen LogP contribution in [0.4, 0.5) is 10.1 Å². The van der Waals surface area contributed by atoms with Gasteiger partial charge in [0.15, 0.2) is 0 Å². The van der Waals surface area contributed by atoms with Crippen LogP contribution in [0.15, 0.2) is 36.4 Å². The number of aromatic carboxylic acids is 1. The van der Waals surface area contributed by atoms with Crippen molar-refractivity contribution in [2.75, 3.05) is 5.73 Å². The maximum absolute atomic E-state index is 13.2. The van der Waals surface area contributed by atoms with Crippen molar-refractivity contribution in [3.63, 3.8) is 0 Å². The number of hydrogen-bond acceptors (Lipinski definition) is 4. The number of benzene rings is 2. The Morgan fingerprint density at radius 2 is 2.10 bits per heavy atom. The van der Waals surface area contributed by atoms with Gasteiger partial charge in [0.05, 0.1) is 22.9 Å². The summed E-state index contributed by atoms with van der Waals surface area (Å²) in [6, 6.07) is 9.70. The Balaban J connectivity index is 2.24. The number of carboxylic acid groups (broad SMARTS) is 1. The second kappa shape index (κ2) is 5.92. The number of nitrogens with zero attached hydrogens (tertiary/aromatic N) is 1. The van der Waals surface area contributed by atoms with Crippen molar-refractivity contribution >= 4 is 11.7 Å². The van der Waals surface area contributed by atoms with Gasteiger partial charge in [0.1, 0.15) is 18.2 Å². The molecule has 0 radical (unpaired) electrons. The summed E-state index contributed by atoms with van der Waals surface area (Å²) >= 11 is 0. The fraction of sp³-hybridized carbons (Fsp3) is 0.0667. The minimum absolute atomic E-state index is 0.0268. The molecule has 3 N–H and O–H groups in total. The Labute approximate surface area is 120 Å². The average molecular weight is 286 g/mol. The van der Waals surface area contributed by atoms with Crippen molar-refractivity contribution in [1.82, 2.24) is 0 Å². The van der Waals surface area contributed by atoms with Crippen molar-refractivity contribution in [2.45, 2.75) is 6.61 Å². The quantitative estimate of drug-likeness (QED) is 0.842. The molecular weight excluding hydrogens is 275 g/mol. The predicted molar refractivity (Wildman–Crippen MR) is 73.3 cm³/mol. The molecule has 6 heteroatoms. The van der Waals surface area contributed by atoms with Gasteiger partial charge in [-0.15, -0.1) is 0 Å². The molecule has 0 aliphatic rings. The third-order valence-electron chi connectivity index (χ3n) is 2.83. The second-order valence-corrected chi connectivity index (χ2v) is 4.26. The summed E-state index contributed by atoms with van der Waals surface area (Å²) in [5.74, 6) is -1.42. The molecule has 0 atom stereocenters. The molecule has 5 nitrogen and oxygen atoms in total. The van der Waals surface area contributed by atoms with Gasteiger partial charge in [-0.3, -0.25) is 0 Å². The van der Waals surface area contributed by atoms with Gasteiger partial charge >= 0.3 is 5.97 Å². The Hall–Kier alpha value is -3.07. The maximum atomic E-state index is 13.2. The summed E-state index contributed by atoms with van der Waals surface area (Å²) in [5.41, 5.74) is 6.62. The molecule has 2 rings (SSSR count). The Bertz CT molecular complexity index is 738. The van der Waals surface area contributed by atoms with Gasteiger partial charge in [0, 0.05) is 5.56 Å². The van der Waals surface area contributed by atoms with Crippen LogP contribution in [-0.4, -0.2) is 11.1 Å². The van der Waals surface area contributed by atoms with Crippen LogP contribution in [0.2, 0.25) is 0 Å². The van der Waals surface area contributed by atoms with Crippen LogP contribution in [0.5, 0.6) is 5.75 Å². The van der Waals surface area contributed by atoms with E-state index in [1.807, 2.05) is 6.07 Å². The Morgan fingerprint density at radius 1 is 1.33 bits per heavy atom. The lowest BCUT2D eigenvalue weighted by Crippen LogP contribution is -2.03. The molecule has 0 bridgehead atoms. The second-order valence-electron chi connectivity index (χ2n) is 4.26. The fourth-order valence-electron chi connectivity index (χ4n) is 1.74. The standard InChI is InChI=1S/C15H11FN2O3/c16-12-3-1-10(7-17)11(5-12)8-21-14-6-9(15(19)20)2-4-13(14)18/h1-6H,8,18H2,(H,19,20). The fourth-order valence-corrected chi connectivity index (χ4v) is 1.74. The van der Waals surface area contributed by atoms with Gasteiger partial charge in [-0.2, -0.15) is 5.26 Å². The molecule has 0 fully saturated rings. The van der Waals surface area contributed by atoms with Crippen LogP contribution < -0.4 is 10.5 Å². The highest BCUT2D eigenvalue weighted by atomic mass is 19.1. The van der Waals surface area contributed by atoms with Crippen molar-refractivity contribution in [3.8, 4) is 11.8 Å². The van der Waals surface area contributed by atoms with E-state index in [4.69, 9.17) is 20.8 Å². The molecule has 0 saturated carbocycles. The van der Waals surface area contributed by atoms with Crippen LogP contribution in [-0.2, 0) is 6.61 Å². The monoisotopic (exact) mass is 286 g/mol. The highest BCUT2D eigenvalue weighted by Crippen LogP contribution is 2.24. The van der Waals surface area contributed by atoms with Gasteiger partial charge in [-0.1, -0.05) is 0 Å². The van der Waals surface area contributed by atoms with Crippen LogP contribution in [0.3, 0.4) is 0 Å². The van der Waals surface area contributed by atoms with Crippen molar-refractivity contribution in [1.29, 1.82) is 5.26 Å². The van der Waals surface area contributed by atoms with Crippen LogP contribution >= 0.6 is 0 Å². The molecular formula is C15H11FN2O3. The summed E-state index contributed by atoms with van der Waals surface area (Å²) in [5, 5.41) is 17.9. The first-order valence-corrected chi connectivity index (χ1v) is 5.95. The first kappa shape index (κ1) is 14.3. The zero-order valence-corrected chi connectivity index (χ0v) is 10.8. The summed E-state index contributed by atoms with van der Waals surface area (Å²) in [4.78, 5) is 10.9. The van der Waals surface area contributed by atoms with Gasteiger partial charge in [0.2, 0.25) is 0 Å². The first-order valence-electron chi connectivity index (χ1n) is 5.95. The molecule has 0 heterocycles. The average Bonchev–Trinajstić information content (AvgIpc) is 2.46. The number of nitrogen functional groups attached to an aromatic ring is 1. The third kappa shape index (κ3) is 3.28. The number of nitriles is 1. The molecule has 0 unspecified atom stereocenters. The minimum atomic E-state index is -1.11. The molecule has 0 saturated heterocycles. The SMILES string of the molecule is N#Cc1ccc(F)cc1COc1cc(C(=O)O)ccc1N. The number of nitrogens with two attached hydrogens (primary N) is 1. The third-order valence-corrected chi connectivity index (χ3v) is 2.83. The zero-order chi connectivity index (χ0) is 15.4. The highest BCUT2D eigenvalue weighted by Gasteiger charge is 2.10. The van der Waals surface area contributed by atoms with Gasteiger partial charge in [0.25, 0.3) is 0 Å². The van der Waals surface area contributed by atoms with Crippen LogP contribution in [0.25, 0.3) is 0 Å². The van der Waals surface area contributed by atoms with Gasteiger partial charge < -0.3 is 15.6 Å². The minimum Gasteiger partial charge on any atom is -0.487 e. The molecule has 0 amide bonds. The topological polar surface area (TPSA) is 96.3 Å². The van der Waals surface area contributed by atoms with E-state index in [2.05, 4.69) is 0 Å². The van der Waals surface area contributed by atoms with Crippen molar-refractivity contribution in [3.05, 3.63) is 58.9 Å². The Kier molecular flexibility index (Phi) is 4.05. The smallest absolute Gasteiger partial charge is 0.335 e. The number of ether oxygens (including phenoxy) is 1. The van der Waals surface area contributed by atoms with Crippen molar-refractivity contribution in [2.24, 2.45) is 0 Å². The summed E-state index contributed by atoms with van der Waals surface area (Å²) < 4.78 is 18.6. The molecule has 2 aromatic carbocycles. The molecule has 0 aliphatic heterocycles. The molecule has 21 heavy (non-hydrogen) atoms. The lowest BCUT2D eigenvalue weighted by molar-refractivity contribution is 0.0696. The van der Waals surface area contributed by atoms with Crippen molar-refractivity contribution < 1.29 is 19.0 Å². The molecule has 0 aromatic heterocycles. The van der Waals surface area contributed by atoms with Crippen LogP contribution in [0.1, 0.15) is 21.5 Å². The van der Waals surface area contributed by atoms with E-state index in [9.17, 15) is 9.18 Å². The largest absolute Gasteiger partial charge is 0.487 e. The molecule has 0 spiro atoms.